The summed E-state index contributed by atoms with van der Waals surface area (Å²) >= 11 is 0. The molecule has 3 rings (SSSR count). The van der Waals surface area contributed by atoms with E-state index in [1.165, 1.54) is 0 Å². The highest BCUT2D eigenvalue weighted by molar-refractivity contribution is 6.00. The van der Waals surface area contributed by atoms with Crippen molar-refractivity contribution in [1.82, 2.24) is 4.57 Å². The Morgan fingerprint density at radius 2 is 1.64 bits per heavy atom. The number of carbonyl (C=O) groups is 1. The minimum atomic E-state index is 0.0887. The molecule has 2 aromatic carbocycles. The van der Waals surface area contributed by atoms with Crippen LogP contribution >= 0.6 is 0 Å². The Labute approximate surface area is 148 Å². The zero-order valence-corrected chi connectivity index (χ0v) is 14.7. The molecule has 4 nitrogen and oxygen atoms in total. The molecule has 0 aliphatic heterocycles. The van der Waals surface area contributed by atoms with Gasteiger partial charge in [0.15, 0.2) is 5.78 Å². The normalized spacial score (nSPS) is 10.5. The molecule has 128 valence electrons. The fourth-order valence-corrected chi connectivity index (χ4v) is 2.68. The predicted octanol–water partition coefficient (Wildman–Crippen LogP) is 4.73. The summed E-state index contributed by atoms with van der Waals surface area (Å²) < 4.78 is 7.79. The molecule has 1 N–H and O–H groups in total. The molecule has 0 spiro atoms. The average Bonchev–Trinajstić information content (AvgIpc) is 2.89. The monoisotopic (exact) mass is 334 g/mol. The van der Waals surface area contributed by atoms with Crippen LogP contribution in [0.4, 0.5) is 5.69 Å². The molecule has 3 aromatic rings. The van der Waals surface area contributed by atoms with Crippen LogP contribution < -0.4 is 10.1 Å². The number of nitrogens with one attached hydrogen (secondary N) is 1. The van der Waals surface area contributed by atoms with Gasteiger partial charge in [0.1, 0.15) is 11.5 Å². The van der Waals surface area contributed by atoms with Crippen LogP contribution in [0.3, 0.4) is 0 Å². The fraction of sp³-hybridized carbons (Fsp3) is 0.190. The van der Waals surface area contributed by atoms with E-state index in [4.69, 9.17) is 4.74 Å². The summed E-state index contributed by atoms with van der Waals surface area (Å²) in [4.78, 5) is 12.4. The zero-order valence-electron chi connectivity index (χ0n) is 14.7. The number of Topliss-reactive ketones (excluding diaryl/α,β-unsaturated/α-hetero) is 1. The van der Waals surface area contributed by atoms with Crippen LogP contribution in [0.5, 0.6) is 11.5 Å². The Morgan fingerprint density at radius 1 is 1.00 bits per heavy atom. The van der Waals surface area contributed by atoms with Gasteiger partial charge in [0.2, 0.25) is 0 Å². The summed E-state index contributed by atoms with van der Waals surface area (Å²) in [5.41, 5.74) is 3.75. The third kappa shape index (κ3) is 3.91. The van der Waals surface area contributed by atoms with Gasteiger partial charge in [0.25, 0.3) is 0 Å². The van der Waals surface area contributed by atoms with Crippen molar-refractivity contribution in [2.75, 3.05) is 11.9 Å². The third-order valence-electron chi connectivity index (χ3n) is 4.36. The Bertz CT molecular complexity index is 865. The van der Waals surface area contributed by atoms with Crippen LogP contribution in [-0.4, -0.2) is 16.9 Å². The van der Waals surface area contributed by atoms with E-state index >= 15 is 0 Å². The van der Waals surface area contributed by atoms with E-state index < -0.39 is 0 Å². The maximum Gasteiger partial charge on any atom is 0.183 e. The van der Waals surface area contributed by atoms with Gasteiger partial charge in [0, 0.05) is 29.7 Å². The molecule has 0 radical (unpaired) electrons. The molecule has 0 fully saturated rings. The van der Waals surface area contributed by atoms with Gasteiger partial charge in [0.05, 0.1) is 6.54 Å². The van der Waals surface area contributed by atoms with Gasteiger partial charge in [-0.15, -0.1) is 0 Å². The number of aromatic nitrogens is 1. The highest BCUT2D eigenvalue weighted by atomic mass is 16.5. The number of rotatable bonds is 6. The van der Waals surface area contributed by atoms with Crippen molar-refractivity contribution in [2.24, 2.45) is 7.05 Å². The van der Waals surface area contributed by atoms with Crippen LogP contribution in [0.15, 0.2) is 60.7 Å². The smallest absolute Gasteiger partial charge is 0.183 e. The van der Waals surface area contributed by atoms with Crippen molar-refractivity contribution in [1.29, 1.82) is 0 Å². The van der Waals surface area contributed by atoms with Crippen molar-refractivity contribution in [3.05, 3.63) is 77.6 Å². The summed E-state index contributed by atoms with van der Waals surface area (Å²) in [5.74, 6) is 1.65. The maximum atomic E-state index is 12.4. The highest BCUT2D eigenvalue weighted by Gasteiger charge is 2.13. The van der Waals surface area contributed by atoms with Crippen molar-refractivity contribution in [3.8, 4) is 11.5 Å². The number of hydrogen-bond acceptors (Lipinski definition) is 3. The van der Waals surface area contributed by atoms with Crippen molar-refractivity contribution < 1.29 is 9.53 Å². The largest absolute Gasteiger partial charge is 0.457 e. The Kier molecular flexibility index (Phi) is 4.89. The van der Waals surface area contributed by atoms with Crippen LogP contribution in [0.1, 0.15) is 21.7 Å². The van der Waals surface area contributed by atoms with Crippen LogP contribution in [0.2, 0.25) is 0 Å². The van der Waals surface area contributed by atoms with E-state index in [1.807, 2.05) is 86.1 Å². The standard InChI is InChI=1S/C21H22N2O2/c1-15-13-20(16(2)23(15)3)21(24)14-22-17-9-11-19(12-10-17)25-18-7-5-4-6-8-18/h4-13,22H,14H2,1-3H3. The summed E-state index contributed by atoms with van der Waals surface area (Å²) in [7, 11) is 1.97. The summed E-state index contributed by atoms with van der Waals surface area (Å²) in [6, 6.07) is 19.2. The first-order valence-electron chi connectivity index (χ1n) is 8.27. The Morgan fingerprint density at radius 3 is 2.24 bits per heavy atom. The lowest BCUT2D eigenvalue weighted by molar-refractivity contribution is 0.101. The fourth-order valence-electron chi connectivity index (χ4n) is 2.68. The second-order valence-electron chi connectivity index (χ2n) is 6.06. The zero-order chi connectivity index (χ0) is 17.8. The van der Waals surface area contributed by atoms with Gasteiger partial charge in [-0.3, -0.25) is 4.79 Å². The van der Waals surface area contributed by atoms with Crippen LogP contribution in [-0.2, 0) is 7.05 Å². The van der Waals surface area contributed by atoms with E-state index in [-0.39, 0.29) is 12.3 Å². The molecule has 0 aliphatic rings. The van der Waals surface area contributed by atoms with Gasteiger partial charge >= 0.3 is 0 Å². The Hall–Kier alpha value is -3.01. The first kappa shape index (κ1) is 16.8. The molecule has 25 heavy (non-hydrogen) atoms. The topological polar surface area (TPSA) is 43.3 Å². The first-order valence-corrected chi connectivity index (χ1v) is 8.27. The predicted molar refractivity (Wildman–Crippen MR) is 101 cm³/mol. The van der Waals surface area contributed by atoms with Crippen LogP contribution in [0, 0.1) is 13.8 Å². The van der Waals surface area contributed by atoms with E-state index in [2.05, 4.69) is 5.32 Å². The number of carbonyl (C=O) groups excluding carboxylic acids is 1. The van der Waals surface area contributed by atoms with E-state index in [0.717, 1.165) is 34.1 Å². The maximum absolute atomic E-state index is 12.4. The molecule has 1 aromatic heterocycles. The van der Waals surface area contributed by atoms with Gasteiger partial charge in [-0.05, 0) is 56.3 Å². The van der Waals surface area contributed by atoms with Crippen LogP contribution in [0.25, 0.3) is 0 Å². The molecule has 0 aliphatic carbocycles. The third-order valence-corrected chi connectivity index (χ3v) is 4.36. The van der Waals surface area contributed by atoms with E-state index in [0.29, 0.717) is 0 Å². The minimum Gasteiger partial charge on any atom is -0.457 e. The van der Waals surface area contributed by atoms with E-state index in [1.54, 1.807) is 0 Å². The van der Waals surface area contributed by atoms with Gasteiger partial charge < -0.3 is 14.6 Å². The molecule has 0 saturated heterocycles. The molecule has 0 unspecified atom stereocenters. The van der Waals surface area contributed by atoms with Gasteiger partial charge in [-0.1, -0.05) is 18.2 Å². The van der Waals surface area contributed by atoms with Crippen molar-refractivity contribution in [2.45, 2.75) is 13.8 Å². The van der Waals surface area contributed by atoms with E-state index in [9.17, 15) is 4.79 Å². The minimum absolute atomic E-state index is 0.0887. The lowest BCUT2D eigenvalue weighted by Gasteiger charge is -2.08. The number of ether oxygens (including phenoxy) is 1. The number of anilines is 1. The molecular formula is C21H22N2O2. The number of aryl methyl sites for hydroxylation is 1. The number of nitrogens with zero attached hydrogens (tertiary/aromatic N) is 1. The first-order chi connectivity index (χ1) is 12.0. The van der Waals surface area contributed by atoms with Crippen molar-refractivity contribution >= 4 is 11.5 Å². The Balaban J connectivity index is 1.60. The molecule has 4 heteroatoms. The van der Waals surface area contributed by atoms with Gasteiger partial charge in [-0.2, -0.15) is 0 Å². The summed E-state index contributed by atoms with van der Waals surface area (Å²) in [5, 5.41) is 3.18. The second kappa shape index (κ2) is 7.26. The lowest BCUT2D eigenvalue weighted by Crippen LogP contribution is -2.14. The molecule has 1 heterocycles. The molecule has 0 amide bonds. The SMILES string of the molecule is Cc1cc(C(=O)CNc2ccc(Oc3ccccc3)cc2)c(C)n1C. The number of para-hydroxylation sites is 1. The number of hydrogen-bond donors (Lipinski definition) is 1. The second-order valence-corrected chi connectivity index (χ2v) is 6.06. The number of ketones is 1. The van der Waals surface area contributed by atoms with Crippen molar-refractivity contribution in [3.63, 3.8) is 0 Å². The summed E-state index contributed by atoms with van der Waals surface area (Å²) in [6.45, 7) is 4.24. The quantitative estimate of drug-likeness (QED) is 0.663. The highest BCUT2D eigenvalue weighted by Crippen LogP contribution is 2.22. The van der Waals surface area contributed by atoms with Gasteiger partial charge in [-0.25, -0.2) is 0 Å². The molecular weight excluding hydrogens is 312 g/mol. The molecule has 0 saturated carbocycles. The lowest BCUT2D eigenvalue weighted by atomic mass is 10.1. The number of benzene rings is 2. The molecule has 0 bridgehead atoms. The summed E-state index contributed by atoms with van der Waals surface area (Å²) in [6.07, 6.45) is 0. The average molecular weight is 334 g/mol. The molecule has 0 atom stereocenters.